The number of ketones is 1. The van der Waals surface area contributed by atoms with Crippen molar-refractivity contribution in [2.45, 2.75) is 40.2 Å². The predicted molar refractivity (Wildman–Crippen MR) is 98.4 cm³/mol. The van der Waals surface area contributed by atoms with Gasteiger partial charge in [0.25, 0.3) is 0 Å². The highest BCUT2D eigenvalue weighted by Crippen LogP contribution is 2.21. The van der Waals surface area contributed by atoms with Gasteiger partial charge < -0.3 is 14.5 Å². The Labute approximate surface area is 159 Å². The number of carbonyl (C=O) groups is 3. The molecule has 27 heavy (non-hydrogen) atoms. The molecule has 0 saturated carbocycles. The number of carbonyl (C=O) groups excluding carboxylic acids is 3. The fourth-order valence-electron chi connectivity index (χ4n) is 4.01. The molecule has 0 aliphatic carbocycles. The molecule has 2 aliphatic heterocycles. The van der Waals surface area contributed by atoms with Crippen LogP contribution in [0.1, 0.15) is 41.5 Å². The summed E-state index contributed by atoms with van der Waals surface area (Å²) in [6.07, 6.45) is 1.38. The molecule has 2 saturated heterocycles. The van der Waals surface area contributed by atoms with Crippen molar-refractivity contribution in [3.05, 3.63) is 17.0 Å². The van der Waals surface area contributed by atoms with Gasteiger partial charge in [-0.25, -0.2) is 0 Å². The first-order valence-electron chi connectivity index (χ1n) is 9.57. The minimum atomic E-state index is -0.0360. The molecule has 0 N–H and O–H groups in total. The average Bonchev–Trinajstić information content (AvgIpc) is 2.95. The summed E-state index contributed by atoms with van der Waals surface area (Å²) < 4.78 is 6.91. The van der Waals surface area contributed by atoms with E-state index in [0.29, 0.717) is 63.5 Å². The van der Waals surface area contributed by atoms with Crippen molar-refractivity contribution in [1.82, 2.24) is 19.6 Å². The smallest absolute Gasteiger partial charge is 0.244 e. The Hall–Kier alpha value is -2.22. The number of hydrogen-bond acceptors (Lipinski definition) is 5. The lowest BCUT2D eigenvalue weighted by Gasteiger charge is -2.35. The Kier molecular flexibility index (Phi) is 5.94. The van der Waals surface area contributed by atoms with Crippen LogP contribution >= 0.6 is 0 Å². The van der Waals surface area contributed by atoms with Gasteiger partial charge in [0.15, 0.2) is 5.78 Å². The third-order valence-electron chi connectivity index (χ3n) is 5.54. The van der Waals surface area contributed by atoms with Crippen LogP contribution in [0.2, 0.25) is 0 Å². The number of Topliss-reactive ketones (excluding diaryl/α,β-unsaturated/α-hetero) is 1. The molecule has 0 radical (unpaired) electrons. The van der Waals surface area contributed by atoms with Crippen LogP contribution < -0.4 is 0 Å². The van der Waals surface area contributed by atoms with E-state index < -0.39 is 0 Å². The highest BCUT2D eigenvalue weighted by molar-refractivity contribution is 5.96. The van der Waals surface area contributed by atoms with E-state index in [1.165, 1.54) is 6.92 Å². The highest BCUT2D eigenvalue weighted by atomic mass is 16.5. The molecule has 0 atom stereocenters. The molecular formula is C19H28N4O4. The van der Waals surface area contributed by atoms with Gasteiger partial charge in [-0.3, -0.25) is 19.1 Å². The predicted octanol–water partition coefficient (Wildman–Crippen LogP) is 0.800. The normalized spacial score (nSPS) is 18.6. The Morgan fingerprint density at radius 3 is 2.22 bits per heavy atom. The molecule has 0 spiro atoms. The molecule has 1 aromatic rings. The first kappa shape index (κ1) is 19.5. The van der Waals surface area contributed by atoms with Gasteiger partial charge in [0.2, 0.25) is 11.8 Å². The van der Waals surface area contributed by atoms with Gasteiger partial charge in [0.1, 0.15) is 6.54 Å². The van der Waals surface area contributed by atoms with E-state index in [0.717, 1.165) is 5.69 Å². The third-order valence-corrected chi connectivity index (χ3v) is 5.54. The van der Waals surface area contributed by atoms with Gasteiger partial charge >= 0.3 is 0 Å². The molecule has 0 aromatic carbocycles. The lowest BCUT2D eigenvalue weighted by atomic mass is 9.95. The number of morpholine rings is 1. The summed E-state index contributed by atoms with van der Waals surface area (Å²) in [5.41, 5.74) is 1.98. The number of rotatable bonds is 4. The van der Waals surface area contributed by atoms with Crippen LogP contribution in [0.25, 0.3) is 0 Å². The summed E-state index contributed by atoms with van der Waals surface area (Å²) in [7, 11) is 0. The summed E-state index contributed by atoms with van der Waals surface area (Å²) in [6, 6.07) is 0. The number of likely N-dealkylation sites (tertiary alicyclic amines) is 1. The summed E-state index contributed by atoms with van der Waals surface area (Å²) in [6.45, 7) is 8.94. The van der Waals surface area contributed by atoms with Gasteiger partial charge in [-0.1, -0.05) is 0 Å². The molecule has 3 heterocycles. The fourth-order valence-corrected chi connectivity index (χ4v) is 4.01. The summed E-state index contributed by atoms with van der Waals surface area (Å²) in [4.78, 5) is 40.7. The minimum Gasteiger partial charge on any atom is -0.378 e. The van der Waals surface area contributed by atoms with Crippen LogP contribution in [-0.2, 0) is 20.9 Å². The number of hydrogen-bond donors (Lipinski definition) is 0. The largest absolute Gasteiger partial charge is 0.378 e. The van der Waals surface area contributed by atoms with Crippen LogP contribution in [0.4, 0.5) is 0 Å². The molecule has 8 heteroatoms. The first-order chi connectivity index (χ1) is 12.9. The second-order valence-corrected chi connectivity index (χ2v) is 7.35. The Balaban J connectivity index is 1.55. The lowest BCUT2D eigenvalue weighted by Crippen LogP contribution is -2.48. The molecule has 2 amide bonds. The zero-order valence-corrected chi connectivity index (χ0v) is 16.4. The monoisotopic (exact) mass is 376 g/mol. The highest BCUT2D eigenvalue weighted by Gasteiger charge is 2.31. The van der Waals surface area contributed by atoms with Crippen LogP contribution in [-0.4, -0.2) is 76.6 Å². The molecular weight excluding hydrogens is 348 g/mol. The van der Waals surface area contributed by atoms with Crippen molar-refractivity contribution in [1.29, 1.82) is 0 Å². The van der Waals surface area contributed by atoms with Crippen molar-refractivity contribution in [3.63, 3.8) is 0 Å². The van der Waals surface area contributed by atoms with E-state index in [2.05, 4.69) is 5.10 Å². The number of piperidine rings is 1. The van der Waals surface area contributed by atoms with E-state index >= 15 is 0 Å². The molecule has 148 valence electrons. The summed E-state index contributed by atoms with van der Waals surface area (Å²) in [5, 5.41) is 4.35. The van der Waals surface area contributed by atoms with Gasteiger partial charge in [-0.15, -0.1) is 0 Å². The van der Waals surface area contributed by atoms with Gasteiger partial charge in [-0.2, -0.15) is 5.10 Å². The first-order valence-corrected chi connectivity index (χ1v) is 9.57. The van der Waals surface area contributed by atoms with Gasteiger partial charge in [0.05, 0.1) is 24.5 Å². The Bertz CT molecular complexity index is 728. The SMILES string of the molecule is CC(=O)c1c(C)nn(CC(=O)N2CCC(C(=O)N3CCOCC3)CC2)c1C. The van der Waals surface area contributed by atoms with E-state index in [9.17, 15) is 14.4 Å². The van der Waals surface area contributed by atoms with Gasteiger partial charge in [0, 0.05) is 37.8 Å². The van der Waals surface area contributed by atoms with E-state index in [4.69, 9.17) is 4.74 Å². The number of aryl methyl sites for hydroxylation is 1. The summed E-state index contributed by atoms with van der Waals surface area (Å²) >= 11 is 0. The van der Waals surface area contributed by atoms with Gasteiger partial charge in [-0.05, 0) is 33.6 Å². The van der Waals surface area contributed by atoms with E-state index in [-0.39, 0.29) is 30.1 Å². The zero-order chi connectivity index (χ0) is 19.6. The summed E-state index contributed by atoms with van der Waals surface area (Å²) in [5.74, 6) is 0.124. The van der Waals surface area contributed by atoms with Crippen molar-refractivity contribution in [2.75, 3.05) is 39.4 Å². The topological polar surface area (TPSA) is 84.7 Å². The molecule has 8 nitrogen and oxygen atoms in total. The van der Waals surface area contributed by atoms with Crippen LogP contribution in [0.5, 0.6) is 0 Å². The zero-order valence-electron chi connectivity index (χ0n) is 16.4. The molecule has 1 aromatic heterocycles. The molecule has 0 unspecified atom stereocenters. The number of nitrogens with zero attached hydrogens (tertiary/aromatic N) is 4. The molecule has 2 aliphatic rings. The van der Waals surface area contributed by atoms with Crippen LogP contribution in [0, 0.1) is 19.8 Å². The van der Waals surface area contributed by atoms with E-state index in [1.54, 1.807) is 16.5 Å². The second-order valence-electron chi connectivity index (χ2n) is 7.35. The van der Waals surface area contributed by atoms with Crippen molar-refractivity contribution in [2.24, 2.45) is 5.92 Å². The van der Waals surface area contributed by atoms with Crippen molar-refractivity contribution in [3.8, 4) is 0 Å². The van der Waals surface area contributed by atoms with Crippen molar-refractivity contribution < 1.29 is 19.1 Å². The van der Waals surface area contributed by atoms with Crippen LogP contribution in [0.15, 0.2) is 0 Å². The molecule has 2 fully saturated rings. The third kappa shape index (κ3) is 4.21. The second kappa shape index (κ2) is 8.21. The average molecular weight is 376 g/mol. The Morgan fingerprint density at radius 2 is 1.67 bits per heavy atom. The van der Waals surface area contributed by atoms with Crippen LogP contribution in [0.3, 0.4) is 0 Å². The molecule has 0 bridgehead atoms. The number of aromatic nitrogens is 2. The number of amides is 2. The van der Waals surface area contributed by atoms with E-state index in [1.807, 2.05) is 11.8 Å². The lowest BCUT2D eigenvalue weighted by molar-refractivity contribution is -0.144. The standard InChI is InChI=1S/C19H28N4O4/c1-13-18(15(3)24)14(2)23(20-13)12-17(25)21-6-4-16(5-7-21)19(26)22-8-10-27-11-9-22/h16H,4-12H2,1-3H3. The minimum absolute atomic E-state index is 0.00912. The Morgan fingerprint density at radius 1 is 1.04 bits per heavy atom. The maximum absolute atomic E-state index is 12.7. The molecule has 3 rings (SSSR count). The van der Waals surface area contributed by atoms with Crippen molar-refractivity contribution >= 4 is 17.6 Å². The maximum atomic E-state index is 12.7. The number of ether oxygens (including phenoxy) is 1. The fraction of sp³-hybridized carbons (Fsp3) is 0.684. The quantitative estimate of drug-likeness (QED) is 0.726. The maximum Gasteiger partial charge on any atom is 0.244 e.